The van der Waals surface area contributed by atoms with Crippen LogP contribution in [0, 0.1) is 11.3 Å². The molecule has 3 aliphatic rings. The summed E-state index contributed by atoms with van der Waals surface area (Å²) in [6.07, 6.45) is 0. The van der Waals surface area contributed by atoms with Crippen molar-refractivity contribution >= 4 is 46.7 Å². The third-order valence-electron chi connectivity index (χ3n) is 7.53. The van der Waals surface area contributed by atoms with Gasteiger partial charge in [-0.05, 0) is 35.9 Å². The summed E-state index contributed by atoms with van der Waals surface area (Å²) in [5.74, 6) is -1.02. The van der Waals surface area contributed by atoms with E-state index in [0.717, 1.165) is 36.6 Å². The lowest BCUT2D eigenvalue weighted by Crippen LogP contribution is -2.54. The van der Waals surface area contributed by atoms with Crippen molar-refractivity contribution in [2.45, 2.75) is 11.5 Å². The van der Waals surface area contributed by atoms with Gasteiger partial charge in [0, 0.05) is 55.7 Å². The van der Waals surface area contributed by atoms with Gasteiger partial charge in [0.05, 0.1) is 30.4 Å². The summed E-state index contributed by atoms with van der Waals surface area (Å²) >= 11 is 12.4. The minimum atomic E-state index is -1.32. The molecule has 3 aliphatic heterocycles. The van der Waals surface area contributed by atoms with Crippen molar-refractivity contribution < 1.29 is 14.4 Å². The Kier molecular flexibility index (Phi) is 6.86. The van der Waals surface area contributed by atoms with Crippen molar-refractivity contribution in [1.29, 1.82) is 5.26 Å². The van der Waals surface area contributed by atoms with Crippen LogP contribution in [0.25, 0.3) is 0 Å². The van der Waals surface area contributed by atoms with Crippen LogP contribution in [0.5, 0.6) is 0 Å². The van der Waals surface area contributed by atoms with Crippen molar-refractivity contribution in [3.63, 3.8) is 0 Å². The molecule has 0 radical (unpaired) electrons. The van der Waals surface area contributed by atoms with Gasteiger partial charge in [0.25, 0.3) is 5.91 Å². The van der Waals surface area contributed by atoms with Gasteiger partial charge in [-0.2, -0.15) is 5.26 Å². The average Bonchev–Trinajstić information content (AvgIpc) is 3.37. The number of nitrogens with one attached hydrogen (secondary N) is 1. The summed E-state index contributed by atoms with van der Waals surface area (Å²) in [5, 5.41) is 13.1. The second-order valence-corrected chi connectivity index (χ2v) is 10.5. The van der Waals surface area contributed by atoms with Gasteiger partial charge in [0.15, 0.2) is 0 Å². The highest BCUT2D eigenvalue weighted by Crippen LogP contribution is 2.46. The maximum absolute atomic E-state index is 14.2. The number of imide groups is 1. The first kappa shape index (κ1) is 25.5. The van der Waals surface area contributed by atoms with Crippen molar-refractivity contribution in [2.75, 3.05) is 57.8 Å². The number of hydrogen-bond acceptors (Lipinski definition) is 6. The van der Waals surface area contributed by atoms with E-state index in [1.165, 1.54) is 23.1 Å². The van der Waals surface area contributed by atoms with E-state index in [0.29, 0.717) is 15.6 Å². The largest absolute Gasteiger partial charge is 0.338 e. The van der Waals surface area contributed by atoms with E-state index in [-0.39, 0.29) is 31.2 Å². The molecule has 3 heterocycles. The molecule has 0 unspecified atom stereocenters. The zero-order valence-electron chi connectivity index (χ0n) is 20.3. The number of urea groups is 1. The number of anilines is 1. The van der Waals surface area contributed by atoms with Crippen molar-refractivity contribution in [3.05, 3.63) is 63.6 Å². The number of rotatable bonds is 4. The SMILES string of the molecule is CN1C(=O)N(c2cc(Cl)cc(Cl)c2)C(=O)[C@]12CN(C(=O)CN1CCNCC1)C[C@H]2c1ccc(C#N)cc1. The van der Waals surface area contributed by atoms with E-state index in [2.05, 4.69) is 16.3 Å². The van der Waals surface area contributed by atoms with E-state index in [9.17, 15) is 19.6 Å². The first-order valence-electron chi connectivity index (χ1n) is 12.0. The molecule has 192 valence electrons. The third-order valence-corrected chi connectivity index (χ3v) is 7.97. The number of likely N-dealkylation sites (tertiary alicyclic amines) is 1. The first-order valence-corrected chi connectivity index (χ1v) is 12.8. The highest BCUT2D eigenvalue weighted by molar-refractivity contribution is 6.35. The minimum Gasteiger partial charge on any atom is -0.338 e. The Bertz CT molecular complexity index is 1270. The Morgan fingerprint density at radius 3 is 2.38 bits per heavy atom. The molecule has 2 atom stereocenters. The fourth-order valence-corrected chi connectivity index (χ4v) is 6.07. The fourth-order valence-electron chi connectivity index (χ4n) is 5.56. The number of likely N-dealkylation sites (N-methyl/N-ethyl adjacent to an activating group) is 1. The molecule has 2 aromatic rings. The standard InChI is InChI=1S/C26H26Cl2N6O3/c1-31-25(37)34(21-11-19(27)10-20(28)12-21)24(36)26(31)16-33(23(35)15-32-8-6-30-7-9-32)14-22(26)18-4-2-17(13-29)3-5-18/h2-5,10-12,22,30H,6-9,14-16H2,1H3/t22-,26+/m0/s1. The Labute approximate surface area is 225 Å². The summed E-state index contributed by atoms with van der Waals surface area (Å²) in [6, 6.07) is 13.1. The van der Waals surface area contributed by atoms with Gasteiger partial charge in [-0.15, -0.1) is 0 Å². The van der Waals surface area contributed by atoms with E-state index >= 15 is 0 Å². The fraction of sp³-hybridized carbons (Fsp3) is 0.385. The molecule has 5 rings (SSSR count). The Hall–Kier alpha value is -3.16. The number of halogens is 2. The monoisotopic (exact) mass is 540 g/mol. The normalized spacial score (nSPS) is 24.3. The highest BCUT2D eigenvalue weighted by atomic mass is 35.5. The number of hydrogen-bond donors (Lipinski definition) is 1. The molecule has 1 spiro atoms. The van der Waals surface area contributed by atoms with Crippen molar-refractivity contribution in [1.82, 2.24) is 20.0 Å². The molecule has 3 fully saturated rings. The molecular formula is C26H26Cl2N6O3. The van der Waals surface area contributed by atoms with Crippen LogP contribution in [0.15, 0.2) is 42.5 Å². The molecular weight excluding hydrogens is 515 g/mol. The maximum atomic E-state index is 14.2. The predicted octanol–water partition coefficient (Wildman–Crippen LogP) is 2.53. The molecule has 0 aromatic heterocycles. The molecule has 9 nitrogen and oxygen atoms in total. The van der Waals surface area contributed by atoms with Crippen LogP contribution in [-0.2, 0) is 9.59 Å². The zero-order chi connectivity index (χ0) is 26.3. The number of piperazine rings is 1. The average molecular weight is 541 g/mol. The van der Waals surface area contributed by atoms with Crippen LogP contribution < -0.4 is 10.2 Å². The number of nitriles is 1. The first-order chi connectivity index (χ1) is 17.7. The van der Waals surface area contributed by atoms with Crippen LogP contribution >= 0.6 is 23.2 Å². The van der Waals surface area contributed by atoms with E-state index < -0.39 is 23.4 Å². The van der Waals surface area contributed by atoms with Crippen molar-refractivity contribution in [2.24, 2.45) is 0 Å². The number of carbonyl (C=O) groups excluding carboxylic acids is 3. The highest BCUT2D eigenvalue weighted by Gasteiger charge is 2.65. The van der Waals surface area contributed by atoms with Gasteiger partial charge in [-0.1, -0.05) is 35.3 Å². The topological polar surface area (TPSA) is 100.0 Å². The predicted molar refractivity (Wildman–Crippen MR) is 140 cm³/mol. The Morgan fingerprint density at radius 1 is 1.11 bits per heavy atom. The summed E-state index contributed by atoms with van der Waals surface area (Å²) in [5.41, 5.74) is 0.217. The number of nitrogens with zero attached hydrogens (tertiary/aromatic N) is 5. The summed E-state index contributed by atoms with van der Waals surface area (Å²) in [6.45, 7) is 3.75. The van der Waals surface area contributed by atoms with E-state index in [1.54, 1.807) is 36.2 Å². The van der Waals surface area contributed by atoms with Gasteiger partial charge in [0.1, 0.15) is 5.54 Å². The Balaban J connectivity index is 1.53. The van der Waals surface area contributed by atoms with Crippen LogP contribution in [0.1, 0.15) is 17.0 Å². The van der Waals surface area contributed by atoms with Gasteiger partial charge < -0.3 is 15.1 Å². The molecule has 1 N–H and O–H groups in total. The zero-order valence-corrected chi connectivity index (χ0v) is 21.8. The minimum absolute atomic E-state index is 0.0640. The van der Waals surface area contributed by atoms with Gasteiger partial charge in [0.2, 0.25) is 5.91 Å². The molecule has 0 saturated carbocycles. The lowest BCUT2D eigenvalue weighted by molar-refractivity contribution is -0.132. The Morgan fingerprint density at radius 2 is 1.76 bits per heavy atom. The lowest BCUT2D eigenvalue weighted by atomic mass is 9.80. The summed E-state index contributed by atoms with van der Waals surface area (Å²) < 4.78 is 0. The second-order valence-electron chi connectivity index (χ2n) is 9.62. The maximum Gasteiger partial charge on any atom is 0.332 e. The molecule has 4 amide bonds. The number of carbonyl (C=O) groups is 3. The molecule has 11 heteroatoms. The molecule has 37 heavy (non-hydrogen) atoms. The molecule has 2 aromatic carbocycles. The smallest absolute Gasteiger partial charge is 0.332 e. The second kappa shape index (κ2) is 9.95. The van der Waals surface area contributed by atoms with E-state index in [4.69, 9.17) is 23.2 Å². The number of benzene rings is 2. The van der Waals surface area contributed by atoms with Crippen LogP contribution in [0.2, 0.25) is 10.0 Å². The molecule has 3 saturated heterocycles. The lowest BCUT2D eigenvalue weighted by Gasteiger charge is -2.33. The van der Waals surface area contributed by atoms with Crippen LogP contribution in [-0.4, -0.2) is 90.9 Å². The van der Waals surface area contributed by atoms with Gasteiger partial charge >= 0.3 is 6.03 Å². The third kappa shape index (κ3) is 4.44. The molecule has 0 bridgehead atoms. The van der Waals surface area contributed by atoms with Crippen LogP contribution in [0.4, 0.5) is 10.5 Å². The van der Waals surface area contributed by atoms with Gasteiger partial charge in [-0.25, -0.2) is 9.69 Å². The molecule has 0 aliphatic carbocycles. The van der Waals surface area contributed by atoms with E-state index in [1.807, 2.05) is 0 Å². The number of amides is 4. The van der Waals surface area contributed by atoms with Crippen molar-refractivity contribution in [3.8, 4) is 6.07 Å². The summed E-state index contributed by atoms with van der Waals surface area (Å²) in [4.78, 5) is 47.5. The van der Waals surface area contributed by atoms with Crippen LogP contribution in [0.3, 0.4) is 0 Å². The van der Waals surface area contributed by atoms with Gasteiger partial charge in [-0.3, -0.25) is 14.5 Å². The quantitative estimate of drug-likeness (QED) is 0.598. The summed E-state index contributed by atoms with van der Waals surface area (Å²) in [7, 11) is 1.59.